The Morgan fingerprint density at radius 2 is 1.79 bits per heavy atom. The van der Waals surface area contributed by atoms with E-state index < -0.39 is 10.0 Å². The van der Waals surface area contributed by atoms with Crippen LogP contribution in [0.3, 0.4) is 0 Å². The van der Waals surface area contributed by atoms with Crippen LogP contribution in [0.25, 0.3) is 0 Å². The number of aromatic nitrogens is 1. The molecule has 2 heterocycles. The first-order chi connectivity index (χ1) is 16.5. The van der Waals surface area contributed by atoms with Crippen LogP contribution in [0.2, 0.25) is 0 Å². The van der Waals surface area contributed by atoms with Crippen molar-refractivity contribution < 1.29 is 17.9 Å². The van der Waals surface area contributed by atoms with E-state index in [0.717, 1.165) is 37.3 Å². The molecule has 3 aromatic rings. The summed E-state index contributed by atoms with van der Waals surface area (Å²) >= 11 is 0. The van der Waals surface area contributed by atoms with E-state index in [2.05, 4.69) is 19.9 Å². The molecule has 34 heavy (non-hydrogen) atoms. The maximum atomic E-state index is 12.8. The lowest BCUT2D eigenvalue weighted by Gasteiger charge is -2.29. The largest absolute Gasteiger partial charge is 0.497 e. The lowest BCUT2D eigenvalue weighted by molar-refractivity contribution is 0.0950. The summed E-state index contributed by atoms with van der Waals surface area (Å²) in [6.07, 6.45) is 5.25. The minimum atomic E-state index is -3.86. The van der Waals surface area contributed by atoms with Crippen LogP contribution in [0.5, 0.6) is 5.75 Å². The molecule has 0 saturated carbocycles. The lowest BCUT2D eigenvalue weighted by Crippen LogP contribution is -2.32. The predicted molar refractivity (Wildman–Crippen MR) is 132 cm³/mol. The molecule has 0 atom stereocenters. The van der Waals surface area contributed by atoms with Crippen molar-refractivity contribution in [3.05, 3.63) is 78.0 Å². The number of methoxy groups -OCH3 is 1. The van der Waals surface area contributed by atoms with Crippen molar-refractivity contribution in [3.8, 4) is 5.75 Å². The smallest absolute Gasteiger partial charge is 0.261 e. The fourth-order valence-electron chi connectivity index (χ4n) is 3.91. The second kappa shape index (κ2) is 10.6. The van der Waals surface area contributed by atoms with Gasteiger partial charge in [-0.25, -0.2) is 13.4 Å². The van der Waals surface area contributed by atoms with Gasteiger partial charge in [0.1, 0.15) is 11.6 Å². The first kappa shape index (κ1) is 23.6. The summed E-state index contributed by atoms with van der Waals surface area (Å²) in [7, 11) is -2.32. The molecule has 0 radical (unpaired) electrons. The van der Waals surface area contributed by atoms with E-state index in [1.807, 2.05) is 12.1 Å². The van der Waals surface area contributed by atoms with Gasteiger partial charge < -0.3 is 15.0 Å². The van der Waals surface area contributed by atoms with Gasteiger partial charge in [-0.1, -0.05) is 12.1 Å². The van der Waals surface area contributed by atoms with Crippen molar-refractivity contribution in [2.45, 2.75) is 30.7 Å². The van der Waals surface area contributed by atoms with E-state index in [4.69, 9.17) is 4.74 Å². The summed E-state index contributed by atoms with van der Waals surface area (Å²) in [5.74, 6) is 1.16. The monoisotopic (exact) mass is 480 g/mol. The minimum Gasteiger partial charge on any atom is -0.497 e. The number of anilines is 2. The van der Waals surface area contributed by atoms with Crippen LogP contribution < -0.4 is 19.7 Å². The molecule has 4 rings (SSSR count). The van der Waals surface area contributed by atoms with Crippen LogP contribution in [0, 0.1) is 0 Å². The molecule has 9 heteroatoms. The molecule has 1 amide bonds. The van der Waals surface area contributed by atoms with E-state index in [0.29, 0.717) is 18.0 Å². The molecule has 2 N–H and O–H groups in total. The van der Waals surface area contributed by atoms with E-state index in [-0.39, 0.29) is 16.4 Å². The topological polar surface area (TPSA) is 101 Å². The van der Waals surface area contributed by atoms with Gasteiger partial charge in [0, 0.05) is 42.6 Å². The molecule has 1 aliphatic rings. The number of nitrogens with one attached hydrogen (secondary N) is 2. The normalized spacial score (nSPS) is 13.9. The molecular formula is C25H28N4O4S. The number of benzene rings is 2. The summed E-state index contributed by atoms with van der Waals surface area (Å²) in [5, 5.41) is 2.90. The fraction of sp³-hybridized carbons (Fsp3) is 0.280. The van der Waals surface area contributed by atoms with E-state index in [1.165, 1.54) is 18.6 Å². The van der Waals surface area contributed by atoms with Crippen LogP contribution in [-0.4, -0.2) is 39.5 Å². The fourth-order valence-corrected chi connectivity index (χ4v) is 5.02. The molecule has 0 aliphatic carbocycles. The Morgan fingerprint density at radius 1 is 1.03 bits per heavy atom. The Morgan fingerprint density at radius 3 is 2.53 bits per heavy atom. The van der Waals surface area contributed by atoms with Gasteiger partial charge in [-0.2, -0.15) is 0 Å². The third kappa shape index (κ3) is 5.66. The summed E-state index contributed by atoms with van der Waals surface area (Å²) < 4.78 is 33.3. The first-order valence-electron chi connectivity index (χ1n) is 11.2. The van der Waals surface area contributed by atoms with Gasteiger partial charge in [0.05, 0.1) is 12.0 Å². The zero-order valence-corrected chi connectivity index (χ0v) is 19.8. The molecule has 1 aromatic heterocycles. The van der Waals surface area contributed by atoms with Gasteiger partial charge >= 0.3 is 0 Å². The molecule has 2 aromatic carbocycles. The first-order valence-corrected chi connectivity index (χ1v) is 12.7. The number of nitrogens with zero attached hydrogens (tertiary/aromatic N) is 2. The highest BCUT2D eigenvalue weighted by molar-refractivity contribution is 7.92. The number of ether oxygens (including phenoxy) is 1. The average Bonchev–Trinajstić information content (AvgIpc) is 2.88. The third-order valence-corrected chi connectivity index (χ3v) is 7.09. The molecule has 0 spiro atoms. The zero-order valence-electron chi connectivity index (χ0n) is 19.0. The van der Waals surface area contributed by atoms with Crippen molar-refractivity contribution in [3.63, 3.8) is 0 Å². The van der Waals surface area contributed by atoms with Crippen molar-refractivity contribution in [2.75, 3.05) is 29.8 Å². The number of hydrogen-bond donors (Lipinski definition) is 2. The van der Waals surface area contributed by atoms with E-state index >= 15 is 0 Å². The number of sulfonamides is 1. The van der Waals surface area contributed by atoms with Crippen molar-refractivity contribution in [1.82, 2.24) is 10.3 Å². The quantitative estimate of drug-likeness (QED) is 0.509. The SMILES string of the molecule is COc1ccc(NS(=O)(=O)c2cccc(C(=O)NCc3cccnc3N3CCCCC3)c2)cc1. The maximum absolute atomic E-state index is 12.8. The Hall–Kier alpha value is -3.59. The van der Waals surface area contributed by atoms with Crippen LogP contribution in [0.15, 0.2) is 71.8 Å². The molecule has 1 saturated heterocycles. The molecule has 1 fully saturated rings. The standard InChI is InChI=1S/C25H28N4O4S/c1-33-22-12-10-21(11-13-22)28-34(31,32)23-9-5-7-19(17-23)25(30)27-18-20-8-6-14-26-24(20)29-15-3-2-4-16-29/h5-14,17,28H,2-4,15-16,18H2,1H3,(H,27,30). The molecular weight excluding hydrogens is 452 g/mol. The molecule has 0 bridgehead atoms. The van der Waals surface area contributed by atoms with Gasteiger partial charge in [0.25, 0.3) is 15.9 Å². The van der Waals surface area contributed by atoms with Crippen molar-refractivity contribution in [2.24, 2.45) is 0 Å². The Labute approximate surface area is 200 Å². The number of pyridine rings is 1. The van der Waals surface area contributed by atoms with Crippen LogP contribution in [0.4, 0.5) is 11.5 Å². The van der Waals surface area contributed by atoms with Crippen molar-refractivity contribution >= 4 is 27.4 Å². The maximum Gasteiger partial charge on any atom is 0.261 e. The second-order valence-electron chi connectivity index (χ2n) is 8.08. The minimum absolute atomic E-state index is 0.00588. The van der Waals surface area contributed by atoms with Gasteiger partial charge in [-0.15, -0.1) is 0 Å². The number of hydrogen-bond acceptors (Lipinski definition) is 6. The summed E-state index contributed by atoms with van der Waals surface area (Å²) in [6.45, 7) is 2.22. The van der Waals surface area contributed by atoms with E-state index in [1.54, 1.807) is 49.7 Å². The number of carbonyl (C=O) groups excluding carboxylic acids is 1. The highest BCUT2D eigenvalue weighted by atomic mass is 32.2. The molecule has 0 unspecified atom stereocenters. The molecule has 1 aliphatic heterocycles. The van der Waals surface area contributed by atoms with E-state index in [9.17, 15) is 13.2 Å². The number of amides is 1. The lowest BCUT2D eigenvalue weighted by atomic mass is 10.1. The molecule has 8 nitrogen and oxygen atoms in total. The number of carbonyl (C=O) groups is 1. The average molecular weight is 481 g/mol. The Balaban J connectivity index is 1.45. The predicted octanol–water partition coefficient (Wildman–Crippen LogP) is 3.81. The van der Waals surface area contributed by atoms with Crippen molar-refractivity contribution in [1.29, 1.82) is 0 Å². The van der Waals surface area contributed by atoms with Crippen LogP contribution in [-0.2, 0) is 16.6 Å². The summed E-state index contributed by atoms with van der Waals surface area (Å²) in [6, 6.07) is 16.3. The third-order valence-electron chi connectivity index (χ3n) is 5.71. The van der Waals surface area contributed by atoms with Gasteiger partial charge in [-0.3, -0.25) is 9.52 Å². The number of rotatable bonds is 8. The van der Waals surface area contributed by atoms with Gasteiger partial charge in [0.2, 0.25) is 0 Å². The number of piperidine rings is 1. The molecule has 178 valence electrons. The van der Waals surface area contributed by atoms with Crippen LogP contribution in [0.1, 0.15) is 35.2 Å². The summed E-state index contributed by atoms with van der Waals surface area (Å²) in [5.41, 5.74) is 1.60. The highest BCUT2D eigenvalue weighted by Crippen LogP contribution is 2.22. The van der Waals surface area contributed by atoms with Gasteiger partial charge in [-0.05, 0) is 67.8 Å². The Bertz CT molecular complexity index is 1240. The highest BCUT2D eigenvalue weighted by Gasteiger charge is 2.18. The van der Waals surface area contributed by atoms with Gasteiger partial charge in [0.15, 0.2) is 0 Å². The van der Waals surface area contributed by atoms with Crippen LogP contribution >= 0.6 is 0 Å². The second-order valence-corrected chi connectivity index (χ2v) is 9.76. The summed E-state index contributed by atoms with van der Waals surface area (Å²) in [4.78, 5) is 19.6. The zero-order chi connectivity index (χ0) is 24.0. The Kier molecular flexibility index (Phi) is 7.32.